The maximum absolute atomic E-state index is 13.0. The van der Waals surface area contributed by atoms with Crippen molar-refractivity contribution in [2.45, 2.75) is 133 Å². The van der Waals surface area contributed by atoms with Gasteiger partial charge in [0, 0.05) is 123 Å². The molecule has 3 N–H and O–H groups in total. The number of aryl methyl sites for hydroxylation is 3. The van der Waals surface area contributed by atoms with E-state index in [4.69, 9.17) is 70.1 Å². The molecule has 30 heteroatoms. The topological polar surface area (TPSA) is 268 Å². The number of hydrogen-bond acceptors (Lipinski definition) is 22. The predicted molar refractivity (Wildman–Crippen MR) is 354 cm³/mol. The summed E-state index contributed by atoms with van der Waals surface area (Å²) in [7, 11) is 3.48. The van der Waals surface area contributed by atoms with Crippen molar-refractivity contribution >= 4 is 74.6 Å². The Morgan fingerprint density at radius 2 is 0.923 bits per heavy atom. The summed E-state index contributed by atoms with van der Waals surface area (Å²) in [6.45, 7) is 22.9. The summed E-state index contributed by atoms with van der Waals surface area (Å²) in [6, 6.07) is 31.8. The third-order valence-corrected chi connectivity index (χ3v) is 15.9. The van der Waals surface area contributed by atoms with Crippen LogP contribution in [0.1, 0.15) is 92.4 Å². The monoisotopic (exact) mass is 1350 g/mol. The number of ether oxygens (including phenoxy) is 5. The van der Waals surface area contributed by atoms with E-state index in [1.54, 1.807) is 28.3 Å². The largest absolute Gasteiger partial charge is 0.461 e. The summed E-state index contributed by atoms with van der Waals surface area (Å²) in [6.07, 6.45) is 7.34. The van der Waals surface area contributed by atoms with Gasteiger partial charge in [-0.05, 0) is 145 Å². The summed E-state index contributed by atoms with van der Waals surface area (Å²) < 4.78 is 32.4. The number of aromatic nitrogens is 12. The van der Waals surface area contributed by atoms with Crippen LogP contribution in [0.15, 0.2) is 91.0 Å². The van der Waals surface area contributed by atoms with E-state index < -0.39 is 4.30 Å². The lowest BCUT2D eigenvalue weighted by Crippen LogP contribution is -2.60. The molecule has 6 heterocycles. The molecule has 3 aliphatic heterocycles. The minimum atomic E-state index is -0.750. The highest BCUT2D eigenvalue weighted by atomic mass is 35.6. The molecule has 0 atom stereocenters. The summed E-state index contributed by atoms with van der Waals surface area (Å²) in [5.74, 6) is 0.126. The smallest absolute Gasteiger partial charge is 0.335 e. The minimum Gasteiger partial charge on any atom is -0.461 e. The number of piperidine rings is 3. The van der Waals surface area contributed by atoms with Crippen LogP contribution in [-0.2, 0) is 38.7 Å². The van der Waals surface area contributed by atoms with Crippen LogP contribution in [0.4, 0.5) is 17.1 Å². The Balaban J connectivity index is 0.000000231. The number of likely N-dealkylation sites (tertiary alicyclic amines) is 3. The van der Waals surface area contributed by atoms with E-state index in [0.717, 1.165) is 121 Å². The number of alkyl halides is 3. The molecule has 0 unspecified atom stereocenters. The van der Waals surface area contributed by atoms with Crippen molar-refractivity contribution in [2.75, 3.05) is 128 Å². The second kappa shape index (κ2) is 41.5. The van der Waals surface area contributed by atoms with Gasteiger partial charge < -0.3 is 44.3 Å². The number of carbonyl (C=O) groups is 2. The molecule has 0 spiro atoms. The number of tetrazole rings is 3. The van der Waals surface area contributed by atoms with Crippen LogP contribution < -0.4 is 29.7 Å². The van der Waals surface area contributed by atoms with Gasteiger partial charge in [-0.15, -0.1) is 0 Å². The molecule has 3 aromatic heterocycles. The van der Waals surface area contributed by atoms with Crippen molar-refractivity contribution in [1.29, 1.82) is 0 Å². The number of methoxy groups -OCH3 is 2. The van der Waals surface area contributed by atoms with Crippen molar-refractivity contribution in [3.8, 4) is 18.0 Å². The number of carbonyl (C=O) groups excluding carboxylic acids is 2. The SMILES string of the molecule is CCC(=O)N(c1ccccc1)C1(COC)CCN(CCOc2nnnn2CC)CC1.CCCC(=O)Cl.CCn1nnnc1OCCN1CCC(CO)(Nc2ccccc2)CC1.CCn1nnnc1OCCN1CCC(COC)(Nc2ccccc2)CC1.ClC(Cl)Cl. The molecule has 91 heavy (non-hydrogen) atoms. The first kappa shape index (κ1) is 75.6. The number of hydrogen-bond donors (Lipinski definition) is 3. The number of aliphatic hydroxyl groups is 1. The highest BCUT2D eigenvalue weighted by molar-refractivity contribution is 6.63. The average molecular weight is 1350 g/mol. The van der Waals surface area contributed by atoms with E-state index in [9.17, 15) is 14.7 Å². The second-order valence-electron chi connectivity index (χ2n) is 22.0. The number of benzene rings is 3. The zero-order chi connectivity index (χ0) is 65.7. The minimum absolute atomic E-state index is 0.0141. The lowest BCUT2D eigenvalue weighted by molar-refractivity contribution is -0.120. The maximum Gasteiger partial charge on any atom is 0.335 e. The van der Waals surface area contributed by atoms with Gasteiger partial charge >= 0.3 is 18.0 Å². The molecule has 26 nitrogen and oxygen atoms in total. The zero-order valence-corrected chi connectivity index (χ0v) is 56.8. The molecule has 3 saturated heterocycles. The first-order valence-corrected chi connectivity index (χ1v) is 32.9. The predicted octanol–water partition coefficient (Wildman–Crippen LogP) is 8.21. The van der Waals surface area contributed by atoms with Crippen LogP contribution in [0, 0.1) is 0 Å². The molecule has 3 fully saturated rings. The fourth-order valence-electron chi connectivity index (χ4n) is 10.8. The first-order valence-electron chi connectivity index (χ1n) is 31.2. The van der Waals surface area contributed by atoms with Gasteiger partial charge in [0.15, 0.2) is 4.30 Å². The van der Waals surface area contributed by atoms with Crippen molar-refractivity contribution in [2.24, 2.45) is 0 Å². The highest BCUT2D eigenvalue weighted by Gasteiger charge is 2.43. The van der Waals surface area contributed by atoms with Gasteiger partial charge in [0.25, 0.3) is 0 Å². The van der Waals surface area contributed by atoms with Gasteiger partial charge in [0.2, 0.25) is 11.1 Å². The number of halogens is 4. The Morgan fingerprint density at radius 3 is 1.25 bits per heavy atom. The molecule has 0 bridgehead atoms. The molecule has 504 valence electrons. The molecule has 1 amide bonds. The van der Waals surface area contributed by atoms with Gasteiger partial charge in [0.05, 0.1) is 36.4 Å². The number of anilines is 3. The highest BCUT2D eigenvalue weighted by Crippen LogP contribution is 2.35. The molecule has 3 aromatic carbocycles. The molecule has 3 aliphatic rings. The van der Waals surface area contributed by atoms with Crippen LogP contribution in [0.5, 0.6) is 18.0 Å². The standard InChI is InChI=1S/C21H32N6O3.C18H28N6O2.C17H26N6O2.C4H7ClO.CHCl3/c1-4-19(28)27(18-9-7-6-8-10-18)21(17-29-3)11-13-25(14-12-21)15-16-30-20-22-23-24-26(20)5-2;1-3-24-17(20-21-22-24)26-14-13-23-11-9-18(10-12-23,15-25-2)19-16-7-5-4-6-8-16;1-2-23-16(19-20-21-23)25-13-12-22-10-8-17(14-24,9-11-22)18-15-6-4-3-5-7-15;1-2-3-4(5)6;2-1(3)4/h6-10H,4-5,11-17H2,1-3H3;4-8,19H,3,9-15H2,1-2H3;3-7,18,24H,2,8-14H2,1H3;2-3H2,1H3;1H. The van der Waals surface area contributed by atoms with E-state index in [1.807, 2.05) is 106 Å². The van der Waals surface area contributed by atoms with Crippen LogP contribution in [-0.4, -0.2) is 225 Å². The lowest BCUT2D eigenvalue weighted by atomic mass is 9.85. The quantitative estimate of drug-likeness (QED) is 0.0295. The second-order valence-corrected chi connectivity index (χ2v) is 24.4. The molecule has 9 rings (SSSR count). The number of aliphatic hydroxyl groups excluding tert-OH is 1. The van der Waals surface area contributed by atoms with Crippen LogP contribution in [0.2, 0.25) is 0 Å². The van der Waals surface area contributed by atoms with Gasteiger partial charge in [-0.25, -0.2) is 0 Å². The van der Waals surface area contributed by atoms with E-state index in [1.165, 1.54) is 0 Å². The molecular weight excluding hydrogens is 1250 g/mol. The third kappa shape index (κ3) is 25.7. The van der Waals surface area contributed by atoms with Crippen molar-refractivity contribution in [3.63, 3.8) is 0 Å². The van der Waals surface area contributed by atoms with E-state index in [2.05, 4.69) is 96.2 Å². The van der Waals surface area contributed by atoms with E-state index in [0.29, 0.717) is 83.5 Å². The van der Waals surface area contributed by atoms with Crippen molar-refractivity contribution in [3.05, 3.63) is 91.0 Å². The fourth-order valence-corrected chi connectivity index (χ4v) is 11.0. The first-order chi connectivity index (χ1) is 44.1. The molecule has 0 saturated carbocycles. The van der Waals surface area contributed by atoms with Crippen LogP contribution in [0.25, 0.3) is 0 Å². The molecular formula is C61H94Cl4N18O8. The summed E-state index contributed by atoms with van der Waals surface area (Å²) in [4.78, 5) is 31.9. The number of nitrogens with zero attached hydrogens (tertiary/aromatic N) is 16. The Hall–Kier alpha value is -6.07. The molecule has 6 aromatic rings. The number of para-hydroxylation sites is 3. The Kier molecular flexibility index (Phi) is 34.5. The number of rotatable bonds is 29. The maximum atomic E-state index is 13.0. The van der Waals surface area contributed by atoms with Gasteiger partial charge in [-0.1, -0.05) is 119 Å². The number of amides is 1. The Bertz CT molecular complexity index is 2880. The lowest BCUT2D eigenvalue weighted by Gasteiger charge is -2.48. The van der Waals surface area contributed by atoms with E-state index in [-0.39, 0.29) is 34.4 Å². The van der Waals surface area contributed by atoms with Gasteiger partial charge in [-0.2, -0.15) is 14.0 Å². The summed E-state index contributed by atoms with van der Waals surface area (Å²) in [5.41, 5.74) is 2.54. The Labute approximate surface area is 555 Å². The third-order valence-electron chi connectivity index (χ3n) is 15.7. The average Bonchev–Trinajstić information content (AvgIpc) is 1.57. The Morgan fingerprint density at radius 1 is 0.560 bits per heavy atom. The number of nitrogens with one attached hydrogen (secondary N) is 2. The van der Waals surface area contributed by atoms with Gasteiger partial charge in [-0.3, -0.25) is 24.3 Å². The van der Waals surface area contributed by atoms with Crippen LogP contribution in [0.3, 0.4) is 0 Å². The fraction of sp³-hybridized carbons (Fsp3) is 0.623. The van der Waals surface area contributed by atoms with E-state index >= 15 is 0 Å². The summed E-state index contributed by atoms with van der Waals surface area (Å²) in [5, 5.41) is 51.1. The zero-order valence-electron chi connectivity index (χ0n) is 53.8. The van der Waals surface area contributed by atoms with Crippen molar-refractivity contribution < 1.29 is 38.4 Å². The molecule has 0 aliphatic carbocycles. The van der Waals surface area contributed by atoms with Crippen LogP contribution >= 0.6 is 46.4 Å². The molecule has 0 radical (unpaired) electrons. The normalized spacial score (nSPS) is 16.0. The summed E-state index contributed by atoms with van der Waals surface area (Å²) >= 11 is 19.4. The van der Waals surface area contributed by atoms with Crippen molar-refractivity contribution in [1.82, 2.24) is 75.3 Å². The van der Waals surface area contributed by atoms with Gasteiger partial charge in [0.1, 0.15) is 19.8 Å².